The van der Waals surface area contributed by atoms with Gasteiger partial charge in [0, 0.05) is 6.42 Å². The zero-order valence-electron chi connectivity index (χ0n) is 14.0. The molecule has 0 radical (unpaired) electrons. The summed E-state index contributed by atoms with van der Waals surface area (Å²) in [7, 11) is 0. The van der Waals surface area contributed by atoms with Gasteiger partial charge in [0.1, 0.15) is 5.75 Å². The second-order valence-electron chi connectivity index (χ2n) is 6.68. The number of benzene rings is 1. The molecular weight excluding hydrogens is 272 g/mol. The van der Waals surface area contributed by atoms with Crippen molar-refractivity contribution in [2.45, 2.75) is 58.8 Å². The summed E-state index contributed by atoms with van der Waals surface area (Å²) < 4.78 is 0. The third kappa shape index (κ3) is 3.68. The third-order valence-electron chi connectivity index (χ3n) is 4.24. The van der Waals surface area contributed by atoms with Gasteiger partial charge in [-0.05, 0) is 46.9 Å². The highest BCUT2D eigenvalue weighted by atomic mass is 16.3. The maximum Gasteiger partial charge on any atom is 0.159 e. The van der Waals surface area contributed by atoms with E-state index in [4.69, 9.17) is 0 Å². The highest BCUT2D eigenvalue weighted by molar-refractivity contribution is 5.96. The molecule has 0 spiro atoms. The van der Waals surface area contributed by atoms with Crippen molar-refractivity contribution in [1.29, 1.82) is 0 Å². The van der Waals surface area contributed by atoms with E-state index in [0.29, 0.717) is 12.2 Å². The van der Waals surface area contributed by atoms with Gasteiger partial charge in [-0.25, -0.2) is 0 Å². The van der Waals surface area contributed by atoms with Gasteiger partial charge in [0.25, 0.3) is 0 Å². The lowest BCUT2D eigenvalue weighted by atomic mass is 9.90. The molecule has 0 bridgehead atoms. The first kappa shape index (κ1) is 16.5. The Morgan fingerprint density at radius 2 is 1.73 bits per heavy atom. The second-order valence-corrected chi connectivity index (χ2v) is 6.68. The number of hydrogen-bond donors (Lipinski definition) is 1. The van der Waals surface area contributed by atoms with Crippen molar-refractivity contribution in [1.82, 2.24) is 0 Å². The van der Waals surface area contributed by atoms with Gasteiger partial charge in [0.2, 0.25) is 0 Å². The Balaban J connectivity index is 2.18. The van der Waals surface area contributed by atoms with Gasteiger partial charge < -0.3 is 5.11 Å². The van der Waals surface area contributed by atoms with Gasteiger partial charge in [0.15, 0.2) is 5.78 Å². The number of phenolic OH excluding ortho intramolecular Hbond substituents is 1. The summed E-state index contributed by atoms with van der Waals surface area (Å²) >= 11 is 0. The molecule has 118 valence electrons. The first-order valence-electron chi connectivity index (χ1n) is 8.14. The van der Waals surface area contributed by atoms with Crippen LogP contribution in [-0.2, 0) is 11.2 Å². The van der Waals surface area contributed by atoms with E-state index in [2.05, 4.69) is 39.8 Å². The number of aromatic hydroxyl groups is 1. The van der Waals surface area contributed by atoms with Gasteiger partial charge >= 0.3 is 0 Å². The smallest absolute Gasteiger partial charge is 0.159 e. The molecule has 2 heteroatoms. The quantitative estimate of drug-likeness (QED) is 0.800. The number of phenols is 1. The average Bonchev–Trinajstić information content (AvgIpc) is 2.99. The molecule has 1 N–H and O–H groups in total. The molecule has 0 heterocycles. The van der Waals surface area contributed by atoms with Crippen LogP contribution >= 0.6 is 0 Å². The number of carbonyl (C=O) groups is 1. The number of allylic oxidation sites excluding steroid dienone is 4. The van der Waals surface area contributed by atoms with Crippen molar-refractivity contribution in [3.8, 4) is 5.75 Å². The van der Waals surface area contributed by atoms with E-state index in [-0.39, 0.29) is 17.6 Å². The molecule has 0 unspecified atom stereocenters. The van der Waals surface area contributed by atoms with Crippen LogP contribution in [0, 0.1) is 0 Å². The van der Waals surface area contributed by atoms with E-state index in [1.54, 1.807) is 0 Å². The van der Waals surface area contributed by atoms with E-state index in [0.717, 1.165) is 35.1 Å². The van der Waals surface area contributed by atoms with Crippen LogP contribution in [0.5, 0.6) is 5.75 Å². The van der Waals surface area contributed by atoms with Crippen LogP contribution in [0.2, 0.25) is 0 Å². The summed E-state index contributed by atoms with van der Waals surface area (Å²) in [6, 6.07) is 4.11. The lowest BCUT2D eigenvalue weighted by Gasteiger charge is -2.17. The minimum absolute atomic E-state index is 0.232. The molecule has 2 nitrogen and oxygen atoms in total. The van der Waals surface area contributed by atoms with E-state index >= 15 is 0 Å². The molecule has 2 rings (SSSR count). The Bertz CT molecular complexity index is 590. The molecular formula is C20H26O2. The number of hydrogen-bond acceptors (Lipinski definition) is 2. The molecule has 1 aliphatic rings. The van der Waals surface area contributed by atoms with Gasteiger partial charge in [0.05, 0.1) is 0 Å². The molecule has 0 atom stereocenters. The average molecular weight is 298 g/mol. The van der Waals surface area contributed by atoms with Gasteiger partial charge in [-0.3, -0.25) is 4.79 Å². The zero-order valence-corrected chi connectivity index (χ0v) is 14.0. The van der Waals surface area contributed by atoms with Crippen LogP contribution in [0.25, 0.3) is 0 Å². The Kier molecular flexibility index (Phi) is 5.23. The number of ketones is 1. The number of carbonyl (C=O) groups excluding carboxylic acids is 1. The second kappa shape index (κ2) is 6.95. The summed E-state index contributed by atoms with van der Waals surface area (Å²) in [6.07, 6.45) is 7.91. The van der Waals surface area contributed by atoms with Crippen molar-refractivity contribution in [3.63, 3.8) is 0 Å². The molecule has 0 saturated heterocycles. The Morgan fingerprint density at radius 1 is 1.14 bits per heavy atom. The van der Waals surface area contributed by atoms with E-state index in [1.165, 1.54) is 0 Å². The Morgan fingerprint density at radius 3 is 2.18 bits per heavy atom. The van der Waals surface area contributed by atoms with Gasteiger partial charge in [-0.2, -0.15) is 0 Å². The Hall–Kier alpha value is -1.83. The molecule has 0 saturated carbocycles. The molecule has 1 aromatic rings. The number of Topliss-reactive ketones (excluding diaryl/α,β-unsaturated/α-hetero) is 1. The van der Waals surface area contributed by atoms with Crippen molar-refractivity contribution in [3.05, 3.63) is 52.6 Å². The number of rotatable bonds is 6. The van der Waals surface area contributed by atoms with E-state index < -0.39 is 0 Å². The van der Waals surface area contributed by atoms with Crippen LogP contribution < -0.4 is 0 Å². The lowest BCUT2D eigenvalue weighted by Crippen LogP contribution is -2.04. The molecule has 1 aliphatic carbocycles. The highest BCUT2D eigenvalue weighted by Crippen LogP contribution is 2.35. The fourth-order valence-electron chi connectivity index (χ4n) is 2.84. The third-order valence-corrected chi connectivity index (χ3v) is 4.24. The Labute approximate surface area is 133 Å². The van der Waals surface area contributed by atoms with Crippen LogP contribution in [0.15, 0.2) is 35.9 Å². The topological polar surface area (TPSA) is 37.3 Å². The summed E-state index contributed by atoms with van der Waals surface area (Å²) in [6.45, 7) is 8.35. The van der Waals surface area contributed by atoms with Gasteiger partial charge in [-0.15, -0.1) is 0 Å². The molecule has 0 aliphatic heterocycles. The molecule has 22 heavy (non-hydrogen) atoms. The lowest BCUT2D eigenvalue weighted by molar-refractivity contribution is -0.115. The summed E-state index contributed by atoms with van der Waals surface area (Å²) in [5, 5.41) is 10.4. The molecule has 0 aromatic heterocycles. The van der Waals surface area contributed by atoms with E-state index in [1.807, 2.05) is 18.2 Å². The van der Waals surface area contributed by atoms with Gasteiger partial charge in [-0.1, -0.05) is 58.1 Å². The normalized spacial score (nSPS) is 14.0. The van der Waals surface area contributed by atoms with Crippen molar-refractivity contribution in [2.75, 3.05) is 0 Å². The van der Waals surface area contributed by atoms with E-state index in [9.17, 15) is 9.90 Å². The van der Waals surface area contributed by atoms with Crippen molar-refractivity contribution < 1.29 is 9.90 Å². The summed E-state index contributed by atoms with van der Waals surface area (Å²) in [5.74, 6) is 1.20. The fraction of sp³-hybridized carbons (Fsp3) is 0.450. The summed E-state index contributed by atoms with van der Waals surface area (Å²) in [4.78, 5) is 12.2. The van der Waals surface area contributed by atoms with Crippen LogP contribution in [0.4, 0.5) is 0 Å². The molecule has 0 amide bonds. The first-order chi connectivity index (χ1) is 10.4. The first-order valence-corrected chi connectivity index (χ1v) is 8.14. The maximum absolute atomic E-state index is 12.2. The molecule has 1 aromatic carbocycles. The molecule has 0 fully saturated rings. The SMILES string of the molecule is CC(C)c1cc(CCC(=O)C2=CC=CC2)cc(C(C)C)c1O. The largest absolute Gasteiger partial charge is 0.507 e. The predicted octanol–water partition coefficient (Wildman–Crippen LogP) is 5.03. The minimum atomic E-state index is 0.232. The zero-order chi connectivity index (χ0) is 16.3. The number of aryl methyl sites for hydroxylation is 1. The monoisotopic (exact) mass is 298 g/mol. The highest BCUT2D eigenvalue weighted by Gasteiger charge is 2.16. The van der Waals surface area contributed by atoms with Crippen molar-refractivity contribution in [2.24, 2.45) is 0 Å². The fourth-order valence-corrected chi connectivity index (χ4v) is 2.84. The minimum Gasteiger partial charge on any atom is -0.507 e. The summed E-state index contributed by atoms with van der Waals surface area (Å²) in [5.41, 5.74) is 4.02. The van der Waals surface area contributed by atoms with Crippen LogP contribution in [0.1, 0.15) is 69.1 Å². The van der Waals surface area contributed by atoms with Crippen LogP contribution in [-0.4, -0.2) is 10.9 Å². The van der Waals surface area contributed by atoms with Crippen LogP contribution in [0.3, 0.4) is 0 Å². The van der Waals surface area contributed by atoms with Crippen molar-refractivity contribution >= 4 is 5.78 Å². The maximum atomic E-state index is 12.2. The standard InChI is InChI=1S/C20H26O2/c1-13(2)17-11-15(12-18(14(3)4)20(17)22)9-10-19(21)16-7-5-6-8-16/h5-7,11-14,22H,8-10H2,1-4H3. The predicted molar refractivity (Wildman–Crippen MR) is 91.5 cm³/mol.